The van der Waals surface area contributed by atoms with Crippen molar-refractivity contribution in [3.05, 3.63) is 40.7 Å². The third-order valence-corrected chi connectivity index (χ3v) is 3.01. The third kappa shape index (κ3) is 2.13. The van der Waals surface area contributed by atoms with Crippen LogP contribution in [-0.2, 0) is 13.6 Å². The molecule has 2 aromatic heterocycles. The zero-order valence-corrected chi connectivity index (χ0v) is 10.2. The molecule has 0 radical (unpaired) electrons. The Labute approximate surface area is 104 Å². The molecule has 6 nitrogen and oxygen atoms in total. The van der Waals surface area contributed by atoms with Crippen LogP contribution in [0.15, 0.2) is 29.5 Å². The maximum atomic E-state index is 12.1. The van der Waals surface area contributed by atoms with Gasteiger partial charge in [0.2, 0.25) is 0 Å². The molecule has 0 amide bonds. The highest BCUT2D eigenvalue weighted by atomic mass is 16.1. The molecule has 0 aromatic carbocycles. The summed E-state index contributed by atoms with van der Waals surface area (Å²) in [6, 6.07) is 2.28. The minimum absolute atomic E-state index is 0.0454. The average Bonchev–Trinajstić information content (AvgIpc) is 3.11. The van der Waals surface area contributed by atoms with Crippen LogP contribution in [0.4, 0.5) is 5.82 Å². The van der Waals surface area contributed by atoms with Crippen LogP contribution in [0.1, 0.15) is 24.6 Å². The molecule has 1 saturated carbocycles. The Morgan fingerprint density at radius 1 is 1.44 bits per heavy atom. The molecule has 0 bridgehead atoms. The zero-order valence-electron chi connectivity index (χ0n) is 10.2. The number of anilines is 1. The first kappa shape index (κ1) is 11.0. The van der Waals surface area contributed by atoms with E-state index in [1.807, 2.05) is 19.3 Å². The Balaban J connectivity index is 1.76. The second kappa shape index (κ2) is 4.29. The molecule has 2 heterocycles. The quantitative estimate of drug-likeness (QED) is 0.870. The van der Waals surface area contributed by atoms with Crippen molar-refractivity contribution in [2.45, 2.75) is 25.4 Å². The maximum absolute atomic E-state index is 12.1. The first-order chi connectivity index (χ1) is 8.74. The largest absolute Gasteiger partial charge is 0.360 e. The fourth-order valence-corrected chi connectivity index (χ4v) is 1.92. The van der Waals surface area contributed by atoms with Gasteiger partial charge in [0.15, 0.2) is 5.82 Å². The molecule has 0 unspecified atom stereocenters. The van der Waals surface area contributed by atoms with Gasteiger partial charge in [-0.15, -0.1) is 0 Å². The van der Waals surface area contributed by atoms with E-state index in [9.17, 15) is 4.79 Å². The van der Waals surface area contributed by atoms with E-state index in [-0.39, 0.29) is 5.56 Å². The van der Waals surface area contributed by atoms with Crippen LogP contribution in [0.3, 0.4) is 0 Å². The van der Waals surface area contributed by atoms with Gasteiger partial charge in [0.1, 0.15) is 0 Å². The number of rotatable bonds is 4. The summed E-state index contributed by atoms with van der Waals surface area (Å²) in [5, 5.41) is 7.29. The van der Waals surface area contributed by atoms with Gasteiger partial charge in [0.05, 0.1) is 12.2 Å². The van der Waals surface area contributed by atoms with Gasteiger partial charge < -0.3 is 9.88 Å². The van der Waals surface area contributed by atoms with Gasteiger partial charge in [0, 0.05) is 31.7 Å². The molecule has 1 aliphatic carbocycles. The lowest BCUT2D eigenvalue weighted by atomic mass is 10.4. The highest BCUT2D eigenvalue weighted by Gasteiger charge is 2.25. The molecule has 0 spiro atoms. The highest BCUT2D eigenvalue weighted by molar-refractivity contribution is 5.31. The third-order valence-electron chi connectivity index (χ3n) is 3.01. The number of aromatic nitrogens is 4. The van der Waals surface area contributed by atoms with E-state index in [1.54, 1.807) is 21.6 Å². The van der Waals surface area contributed by atoms with Crippen LogP contribution in [0.25, 0.3) is 0 Å². The second-order valence-electron chi connectivity index (χ2n) is 4.55. The first-order valence-electron chi connectivity index (χ1n) is 6.03. The molecule has 0 aliphatic heterocycles. The summed E-state index contributed by atoms with van der Waals surface area (Å²) in [4.78, 5) is 16.2. The van der Waals surface area contributed by atoms with Crippen molar-refractivity contribution in [3.8, 4) is 0 Å². The summed E-state index contributed by atoms with van der Waals surface area (Å²) in [6.07, 6.45) is 7.47. The summed E-state index contributed by atoms with van der Waals surface area (Å²) in [5.41, 5.74) is 0.844. The first-order valence-corrected chi connectivity index (χ1v) is 6.03. The summed E-state index contributed by atoms with van der Waals surface area (Å²) >= 11 is 0. The van der Waals surface area contributed by atoms with Gasteiger partial charge in [-0.3, -0.25) is 9.48 Å². The van der Waals surface area contributed by atoms with Gasteiger partial charge in [-0.25, -0.2) is 4.98 Å². The van der Waals surface area contributed by atoms with E-state index in [2.05, 4.69) is 15.4 Å². The normalized spacial score (nSPS) is 14.7. The number of hydrogen-bond donors (Lipinski definition) is 1. The number of nitrogens with zero attached hydrogens (tertiary/aromatic N) is 4. The monoisotopic (exact) mass is 245 g/mol. The Morgan fingerprint density at radius 2 is 2.28 bits per heavy atom. The lowest BCUT2D eigenvalue weighted by Gasteiger charge is -2.06. The van der Waals surface area contributed by atoms with Crippen molar-refractivity contribution < 1.29 is 0 Å². The lowest BCUT2D eigenvalue weighted by molar-refractivity contribution is 0.698. The molecule has 3 rings (SSSR count). The van der Waals surface area contributed by atoms with E-state index in [0.717, 1.165) is 18.5 Å². The molecule has 2 aromatic rings. The van der Waals surface area contributed by atoms with E-state index in [0.29, 0.717) is 18.4 Å². The minimum atomic E-state index is -0.0454. The molecule has 1 N–H and O–H groups in total. The van der Waals surface area contributed by atoms with Gasteiger partial charge in [-0.2, -0.15) is 5.10 Å². The molecule has 1 aliphatic rings. The second-order valence-corrected chi connectivity index (χ2v) is 4.55. The molecule has 0 saturated heterocycles. The molecule has 18 heavy (non-hydrogen) atoms. The van der Waals surface area contributed by atoms with Crippen molar-refractivity contribution in [2.24, 2.45) is 7.05 Å². The van der Waals surface area contributed by atoms with Gasteiger partial charge in [0.25, 0.3) is 5.56 Å². The van der Waals surface area contributed by atoms with E-state index < -0.39 is 0 Å². The molecular weight excluding hydrogens is 230 g/mol. The van der Waals surface area contributed by atoms with Gasteiger partial charge >= 0.3 is 0 Å². The number of aryl methyl sites for hydroxylation is 1. The summed E-state index contributed by atoms with van der Waals surface area (Å²) < 4.78 is 3.49. The van der Waals surface area contributed by atoms with Crippen LogP contribution in [0.2, 0.25) is 0 Å². The maximum Gasteiger partial charge on any atom is 0.293 e. The lowest BCUT2D eigenvalue weighted by Crippen LogP contribution is -2.23. The van der Waals surface area contributed by atoms with Gasteiger partial charge in [-0.1, -0.05) is 0 Å². The zero-order chi connectivity index (χ0) is 12.5. The minimum Gasteiger partial charge on any atom is -0.360 e. The topological polar surface area (TPSA) is 64.7 Å². The van der Waals surface area contributed by atoms with Crippen LogP contribution < -0.4 is 10.9 Å². The summed E-state index contributed by atoms with van der Waals surface area (Å²) in [7, 11) is 1.87. The van der Waals surface area contributed by atoms with E-state index >= 15 is 0 Å². The predicted molar refractivity (Wildman–Crippen MR) is 67.3 cm³/mol. The highest BCUT2D eigenvalue weighted by Crippen LogP contribution is 2.33. The predicted octanol–water partition coefficient (Wildman–Crippen LogP) is 0.924. The molecule has 1 fully saturated rings. The van der Waals surface area contributed by atoms with Crippen molar-refractivity contribution in [1.29, 1.82) is 0 Å². The van der Waals surface area contributed by atoms with Crippen molar-refractivity contribution >= 4 is 5.82 Å². The Hall–Kier alpha value is -2.11. The molecule has 0 atom stereocenters. The SMILES string of the molecule is Cn1ccc(CNc2nccn(C3CC3)c2=O)n1. The average molecular weight is 245 g/mol. The van der Waals surface area contributed by atoms with Crippen LogP contribution >= 0.6 is 0 Å². The molecular formula is C12H15N5O. The molecule has 6 heteroatoms. The van der Waals surface area contributed by atoms with E-state index in [1.165, 1.54) is 0 Å². The van der Waals surface area contributed by atoms with Crippen molar-refractivity contribution in [1.82, 2.24) is 19.3 Å². The van der Waals surface area contributed by atoms with Crippen molar-refractivity contribution in [2.75, 3.05) is 5.32 Å². The number of nitrogens with one attached hydrogen (secondary N) is 1. The Morgan fingerprint density at radius 3 is 2.94 bits per heavy atom. The fraction of sp³-hybridized carbons (Fsp3) is 0.417. The smallest absolute Gasteiger partial charge is 0.293 e. The van der Waals surface area contributed by atoms with Crippen LogP contribution in [-0.4, -0.2) is 19.3 Å². The summed E-state index contributed by atoms with van der Waals surface area (Å²) in [5.74, 6) is 0.398. The Bertz CT molecular complexity index is 611. The summed E-state index contributed by atoms with van der Waals surface area (Å²) in [6.45, 7) is 0.512. The van der Waals surface area contributed by atoms with Crippen LogP contribution in [0, 0.1) is 0 Å². The number of hydrogen-bond acceptors (Lipinski definition) is 4. The Kier molecular flexibility index (Phi) is 2.62. The van der Waals surface area contributed by atoms with E-state index in [4.69, 9.17) is 0 Å². The standard InChI is InChI=1S/C12H15N5O/c1-16-6-4-9(15-16)8-14-11-12(18)17(7-5-13-11)10-2-3-10/h4-7,10H,2-3,8H2,1H3,(H,13,14). The fourth-order valence-electron chi connectivity index (χ4n) is 1.92. The van der Waals surface area contributed by atoms with Crippen LogP contribution in [0.5, 0.6) is 0 Å². The molecule has 94 valence electrons. The van der Waals surface area contributed by atoms with Gasteiger partial charge in [-0.05, 0) is 18.9 Å². The van der Waals surface area contributed by atoms with Crippen molar-refractivity contribution in [3.63, 3.8) is 0 Å².